The predicted molar refractivity (Wildman–Crippen MR) is 73.3 cm³/mol. The number of carbonyl (C=O) groups is 2. The fraction of sp³-hybridized carbons (Fsp3) is 0.857. The van der Waals surface area contributed by atoms with Crippen molar-refractivity contribution in [2.24, 2.45) is 0 Å². The van der Waals surface area contributed by atoms with Crippen LogP contribution in [0.25, 0.3) is 0 Å². The number of nitrogens with zero attached hydrogens (tertiary/aromatic N) is 2. The Morgan fingerprint density at radius 2 is 2.10 bits per heavy atom. The Morgan fingerprint density at radius 1 is 1.35 bits per heavy atom. The molecule has 0 unspecified atom stereocenters. The van der Waals surface area contributed by atoms with E-state index in [9.17, 15) is 9.59 Å². The Morgan fingerprint density at radius 3 is 2.85 bits per heavy atom. The zero-order chi connectivity index (χ0) is 14.1. The van der Waals surface area contributed by atoms with Crippen molar-refractivity contribution in [1.82, 2.24) is 15.1 Å². The molecular weight excluding hydrogens is 258 g/mol. The first kappa shape index (κ1) is 13.7. The second kappa shape index (κ2) is 5.60. The highest BCUT2D eigenvalue weighted by Crippen LogP contribution is 2.24. The monoisotopic (exact) mass is 281 g/mol. The molecule has 1 aliphatic carbocycles. The molecule has 1 saturated carbocycles. The predicted octanol–water partition coefficient (Wildman–Crippen LogP) is 0.570. The summed E-state index contributed by atoms with van der Waals surface area (Å²) in [7, 11) is 1.90. The van der Waals surface area contributed by atoms with Gasteiger partial charge in [0.25, 0.3) is 0 Å². The molecule has 2 saturated heterocycles. The highest BCUT2D eigenvalue weighted by molar-refractivity contribution is 5.79. The first-order valence-electron chi connectivity index (χ1n) is 7.58. The van der Waals surface area contributed by atoms with E-state index >= 15 is 0 Å². The van der Waals surface area contributed by atoms with Gasteiger partial charge in [-0.05, 0) is 19.3 Å². The summed E-state index contributed by atoms with van der Waals surface area (Å²) in [5, 5.41) is 2.94. The highest BCUT2D eigenvalue weighted by atomic mass is 16.5. The van der Waals surface area contributed by atoms with Gasteiger partial charge in [0.2, 0.25) is 5.91 Å². The van der Waals surface area contributed by atoms with Crippen LogP contribution in [0.15, 0.2) is 0 Å². The Bertz CT molecular complexity index is 395. The largest absolute Gasteiger partial charge is 0.366 e. The maximum absolute atomic E-state index is 12.5. The summed E-state index contributed by atoms with van der Waals surface area (Å²) >= 11 is 0. The molecule has 2 aliphatic heterocycles. The third kappa shape index (κ3) is 2.61. The van der Waals surface area contributed by atoms with Gasteiger partial charge in [-0.2, -0.15) is 0 Å². The van der Waals surface area contributed by atoms with Gasteiger partial charge in [0.15, 0.2) is 0 Å². The lowest BCUT2D eigenvalue weighted by Gasteiger charge is -2.42. The first-order chi connectivity index (χ1) is 9.65. The maximum atomic E-state index is 12.5. The lowest BCUT2D eigenvalue weighted by Crippen LogP contribution is -2.62. The van der Waals surface area contributed by atoms with Crippen LogP contribution in [0, 0.1) is 0 Å². The molecule has 3 amide bonds. The molecule has 20 heavy (non-hydrogen) atoms. The number of morpholine rings is 1. The van der Waals surface area contributed by atoms with Gasteiger partial charge in [-0.15, -0.1) is 0 Å². The molecule has 0 spiro atoms. The number of hydrogen-bond acceptors (Lipinski definition) is 3. The van der Waals surface area contributed by atoms with Crippen LogP contribution in [0.2, 0.25) is 0 Å². The van der Waals surface area contributed by atoms with Gasteiger partial charge < -0.3 is 19.9 Å². The Hall–Kier alpha value is -1.30. The average Bonchev–Trinajstić information content (AvgIpc) is 2.99. The second-order valence-electron chi connectivity index (χ2n) is 6.09. The van der Waals surface area contributed by atoms with Crippen LogP contribution in [0.4, 0.5) is 4.79 Å². The molecule has 0 aromatic carbocycles. The molecule has 0 aromatic heterocycles. The van der Waals surface area contributed by atoms with Crippen molar-refractivity contribution >= 4 is 11.9 Å². The summed E-state index contributed by atoms with van der Waals surface area (Å²) in [5.74, 6) is -0.0790. The Labute approximate surface area is 119 Å². The topological polar surface area (TPSA) is 61.9 Å². The normalized spacial score (nSPS) is 30.9. The van der Waals surface area contributed by atoms with Gasteiger partial charge in [0.05, 0.1) is 12.1 Å². The van der Waals surface area contributed by atoms with Crippen LogP contribution >= 0.6 is 0 Å². The first-order valence-corrected chi connectivity index (χ1v) is 7.58. The molecule has 2 atom stereocenters. The number of urea groups is 1. The van der Waals surface area contributed by atoms with Crippen molar-refractivity contribution in [3.8, 4) is 0 Å². The molecular formula is C14H23N3O3. The van der Waals surface area contributed by atoms with E-state index in [1.165, 1.54) is 12.8 Å². The molecule has 2 heterocycles. The van der Waals surface area contributed by atoms with E-state index in [4.69, 9.17) is 4.74 Å². The molecule has 1 N–H and O–H groups in total. The third-order valence-corrected chi connectivity index (χ3v) is 4.77. The molecule has 0 radical (unpaired) electrons. The number of hydrogen-bond donors (Lipinski definition) is 1. The van der Waals surface area contributed by atoms with Crippen LogP contribution in [-0.2, 0) is 9.53 Å². The van der Waals surface area contributed by atoms with E-state index in [0.29, 0.717) is 19.1 Å². The molecule has 6 nitrogen and oxygen atoms in total. The highest BCUT2D eigenvalue weighted by Gasteiger charge is 2.37. The number of nitrogens with one attached hydrogen (secondary N) is 1. The Kier molecular flexibility index (Phi) is 3.83. The maximum Gasteiger partial charge on any atom is 0.320 e. The minimum atomic E-state index is -0.0790. The third-order valence-electron chi connectivity index (χ3n) is 4.77. The van der Waals surface area contributed by atoms with Crippen molar-refractivity contribution in [3.63, 3.8) is 0 Å². The van der Waals surface area contributed by atoms with Crippen molar-refractivity contribution in [2.75, 3.05) is 26.7 Å². The number of likely N-dealkylation sites (tertiary alicyclic amines) is 1. The number of piperidine rings is 1. The minimum absolute atomic E-state index is 0.0501. The summed E-state index contributed by atoms with van der Waals surface area (Å²) in [6.07, 6.45) is 5.53. The van der Waals surface area contributed by atoms with Crippen LogP contribution in [0.1, 0.15) is 32.1 Å². The summed E-state index contributed by atoms with van der Waals surface area (Å²) in [5.41, 5.74) is 0. The van der Waals surface area contributed by atoms with E-state index in [2.05, 4.69) is 5.32 Å². The minimum Gasteiger partial charge on any atom is -0.366 e. The van der Waals surface area contributed by atoms with Crippen LogP contribution in [0.5, 0.6) is 0 Å². The van der Waals surface area contributed by atoms with Crippen molar-refractivity contribution in [3.05, 3.63) is 0 Å². The Balaban J connectivity index is 1.59. The zero-order valence-corrected chi connectivity index (χ0v) is 12.0. The number of fused-ring (bicyclic) bond motifs is 1. The molecule has 3 aliphatic rings. The van der Waals surface area contributed by atoms with E-state index in [-0.39, 0.29) is 30.7 Å². The SMILES string of the molecule is CN(C(=O)N1CC[C@H]2OCC(=O)N[C@@H]2C1)C1CCCC1. The van der Waals surface area contributed by atoms with Crippen LogP contribution < -0.4 is 5.32 Å². The molecule has 0 bridgehead atoms. The van der Waals surface area contributed by atoms with Crippen LogP contribution in [0.3, 0.4) is 0 Å². The van der Waals surface area contributed by atoms with Gasteiger partial charge in [-0.3, -0.25) is 4.79 Å². The smallest absolute Gasteiger partial charge is 0.320 e. The number of ether oxygens (including phenoxy) is 1. The number of rotatable bonds is 1. The van der Waals surface area contributed by atoms with Gasteiger partial charge in [-0.25, -0.2) is 4.79 Å². The quantitative estimate of drug-likeness (QED) is 0.764. The molecule has 3 rings (SSSR count). The van der Waals surface area contributed by atoms with Gasteiger partial charge in [0, 0.05) is 26.2 Å². The van der Waals surface area contributed by atoms with Crippen molar-refractivity contribution in [2.45, 2.75) is 50.3 Å². The van der Waals surface area contributed by atoms with Crippen LogP contribution in [-0.4, -0.2) is 66.7 Å². The molecule has 3 fully saturated rings. The molecule has 0 aromatic rings. The fourth-order valence-corrected chi connectivity index (χ4v) is 3.54. The van der Waals surface area contributed by atoms with Crippen molar-refractivity contribution < 1.29 is 14.3 Å². The zero-order valence-electron chi connectivity index (χ0n) is 12.0. The molecule has 6 heteroatoms. The van der Waals surface area contributed by atoms with Gasteiger partial charge in [-0.1, -0.05) is 12.8 Å². The van der Waals surface area contributed by atoms with E-state index in [1.54, 1.807) is 0 Å². The summed E-state index contributed by atoms with van der Waals surface area (Å²) < 4.78 is 5.52. The summed E-state index contributed by atoms with van der Waals surface area (Å²) in [4.78, 5) is 27.7. The number of amides is 3. The molecule has 112 valence electrons. The fourth-order valence-electron chi connectivity index (χ4n) is 3.54. The lowest BCUT2D eigenvalue weighted by atomic mass is 10.0. The van der Waals surface area contributed by atoms with E-state index < -0.39 is 0 Å². The summed E-state index contributed by atoms with van der Waals surface area (Å²) in [6, 6.07) is 0.429. The standard InChI is InChI=1S/C14H23N3O3/c1-16(10-4-2-3-5-10)14(19)17-7-6-12-11(8-17)15-13(18)9-20-12/h10-12H,2-9H2,1H3,(H,15,18)/t11-,12-/m1/s1. The number of carbonyl (C=O) groups excluding carboxylic acids is 2. The van der Waals surface area contributed by atoms with Gasteiger partial charge >= 0.3 is 6.03 Å². The van der Waals surface area contributed by atoms with Gasteiger partial charge in [0.1, 0.15) is 6.61 Å². The van der Waals surface area contributed by atoms with E-state index in [1.807, 2.05) is 16.8 Å². The lowest BCUT2D eigenvalue weighted by molar-refractivity contribution is -0.139. The van der Waals surface area contributed by atoms with Crippen molar-refractivity contribution in [1.29, 1.82) is 0 Å². The average molecular weight is 281 g/mol. The van der Waals surface area contributed by atoms with E-state index in [0.717, 1.165) is 19.3 Å². The second-order valence-corrected chi connectivity index (χ2v) is 6.09. The summed E-state index contributed by atoms with van der Waals surface area (Å²) in [6.45, 7) is 1.43.